The van der Waals surface area contributed by atoms with Crippen molar-refractivity contribution in [1.29, 1.82) is 0 Å². The molecule has 180 valence electrons. The molecule has 0 saturated heterocycles. The molecule has 35 heavy (non-hydrogen) atoms. The Hall–Kier alpha value is -4.54. The highest BCUT2D eigenvalue weighted by Crippen LogP contribution is 2.34. The summed E-state index contributed by atoms with van der Waals surface area (Å²) >= 11 is 0. The quantitative estimate of drug-likeness (QED) is 0.309. The van der Waals surface area contributed by atoms with Crippen molar-refractivity contribution in [3.05, 3.63) is 72.6 Å². The molecular formula is C24H20F3N5O3. The fourth-order valence-electron chi connectivity index (χ4n) is 3.29. The molecule has 0 aliphatic rings. The average molecular weight is 483 g/mol. The lowest BCUT2D eigenvalue weighted by atomic mass is 10.2. The molecule has 0 spiro atoms. The Kier molecular flexibility index (Phi) is 6.58. The molecule has 0 aliphatic carbocycles. The maximum Gasteiger partial charge on any atom is 0.416 e. The van der Waals surface area contributed by atoms with E-state index in [1.807, 2.05) is 0 Å². The van der Waals surface area contributed by atoms with E-state index in [4.69, 9.17) is 9.47 Å². The Morgan fingerprint density at radius 1 is 0.800 bits per heavy atom. The zero-order valence-electron chi connectivity index (χ0n) is 18.6. The molecule has 0 unspecified atom stereocenters. The molecule has 11 heteroatoms. The highest BCUT2D eigenvalue weighted by Gasteiger charge is 2.30. The monoisotopic (exact) mass is 483 g/mol. The lowest BCUT2D eigenvalue weighted by molar-refractivity contribution is -0.137. The molecule has 0 aliphatic heterocycles. The van der Waals surface area contributed by atoms with Gasteiger partial charge in [-0.3, -0.25) is 0 Å². The molecule has 3 aromatic carbocycles. The first-order valence-electron chi connectivity index (χ1n) is 10.3. The van der Waals surface area contributed by atoms with E-state index in [1.165, 1.54) is 18.5 Å². The predicted octanol–water partition coefficient (Wildman–Crippen LogP) is 6.05. The van der Waals surface area contributed by atoms with Crippen molar-refractivity contribution in [3.8, 4) is 11.5 Å². The number of amides is 2. The summed E-state index contributed by atoms with van der Waals surface area (Å²) in [4.78, 5) is 20.8. The number of halogens is 3. The molecule has 1 aromatic heterocycles. The Balaban J connectivity index is 1.43. The number of hydrogen-bond donors (Lipinski definition) is 3. The van der Waals surface area contributed by atoms with Gasteiger partial charge in [0.25, 0.3) is 0 Å². The van der Waals surface area contributed by atoms with E-state index in [9.17, 15) is 18.0 Å². The summed E-state index contributed by atoms with van der Waals surface area (Å²) in [6, 6.07) is 13.9. The van der Waals surface area contributed by atoms with Gasteiger partial charge in [0.05, 0.1) is 25.3 Å². The van der Waals surface area contributed by atoms with Crippen LogP contribution >= 0.6 is 0 Å². The first-order valence-corrected chi connectivity index (χ1v) is 10.3. The molecule has 4 aromatic rings. The number of methoxy groups -OCH3 is 2. The molecular weight excluding hydrogens is 463 g/mol. The van der Waals surface area contributed by atoms with Crippen molar-refractivity contribution in [3.63, 3.8) is 0 Å². The molecule has 3 N–H and O–H groups in total. The number of nitrogens with zero attached hydrogens (tertiary/aromatic N) is 2. The van der Waals surface area contributed by atoms with Crippen LogP contribution in [0.5, 0.6) is 11.5 Å². The molecule has 0 radical (unpaired) electrons. The maximum absolute atomic E-state index is 12.7. The number of aromatic nitrogens is 2. The summed E-state index contributed by atoms with van der Waals surface area (Å²) in [7, 11) is 3.09. The number of anilines is 4. The van der Waals surface area contributed by atoms with Crippen molar-refractivity contribution in [2.24, 2.45) is 0 Å². The largest absolute Gasteiger partial charge is 0.493 e. The lowest BCUT2D eigenvalue weighted by Crippen LogP contribution is -2.19. The number of nitrogens with one attached hydrogen (secondary N) is 3. The Morgan fingerprint density at radius 3 is 1.91 bits per heavy atom. The van der Waals surface area contributed by atoms with Gasteiger partial charge in [-0.15, -0.1) is 0 Å². The van der Waals surface area contributed by atoms with Crippen LogP contribution in [-0.4, -0.2) is 30.2 Å². The summed E-state index contributed by atoms with van der Waals surface area (Å²) in [5.41, 5.74) is 1.29. The molecule has 8 nitrogen and oxygen atoms in total. The number of rotatable bonds is 6. The number of ether oxygens (including phenoxy) is 2. The van der Waals surface area contributed by atoms with Gasteiger partial charge in [-0.2, -0.15) is 13.2 Å². The summed E-state index contributed by atoms with van der Waals surface area (Å²) in [6.07, 6.45) is -3.01. The van der Waals surface area contributed by atoms with Crippen molar-refractivity contribution in [1.82, 2.24) is 9.97 Å². The predicted molar refractivity (Wildman–Crippen MR) is 126 cm³/mol. The standard InChI is InChI=1S/C24H20F3N5O3/c1-34-20-11-18-19(12-21(20)35-2)28-13-29-22(18)30-15-7-9-17(10-8-15)32-23(33)31-16-5-3-14(4-6-16)24(25,26)27/h3-13H,1-2H3,(H,28,29,30)(H2,31,32,33). The van der Waals surface area contributed by atoms with Gasteiger partial charge in [0.15, 0.2) is 11.5 Å². The maximum atomic E-state index is 12.7. The van der Waals surface area contributed by atoms with Gasteiger partial charge in [0, 0.05) is 28.5 Å². The van der Waals surface area contributed by atoms with E-state index >= 15 is 0 Å². The lowest BCUT2D eigenvalue weighted by Gasteiger charge is -2.13. The van der Waals surface area contributed by atoms with E-state index in [0.29, 0.717) is 34.2 Å². The van der Waals surface area contributed by atoms with Crippen molar-refractivity contribution >= 4 is 39.8 Å². The van der Waals surface area contributed by atoms with Gasteiger partial charge in [0.2, 0.25) is 0 Å². The number of urea groups is 1. The van der Waals surface area contributed by atoms with Gasteiger partial charge >= 0.3 is 12.2 Å². The molecule has 0 bridgehead atoms. The van der Waals surface area contributed by atoms with E-state index in [-0.39, 0.29) is 5.69 Å². The van der Waals surface area contributed by atoms with Gasteiger partial charge < -0.3 is 25.4 Å². The van der Waals surface area contributed by atoms with Crippen LogP contribution in [0.2, 0.25) is 0 Å². The zero-order valence-corrected chi connectivity index (χ0v) is 18.6. The van der Waals surface area contributed by atoms with Crippen LogP contribution < -0.4 is 25.4 Å². The first-order chi connectivity index (χ1) is 16.8. The van der Waals surface area contributed by atoms with E-state index in [0.717, 1.165) is 17.5 Å². The van der Waals surface area contributed by atoms with Gasteiger partial charge in [-0.1, -0.05) is 0 Å². The minimum Gasteiger partial charge on any atom is -0.493 e. The number of alkyl halides is 3. The molecule has 1 heterocycles. The number of carbonyl (C=O) groups is 1. The van der Waals surface area contributed by atoms with Gasteiger partial charge in [-0.25, -0.2) is 14.8 Å². The number of fused-ring (bicyclic) bond motifs is 1. The average Bonchev–Trinajstić information content (AvgIpc) is 2.84. The molecule has 0 atom stereocenters. The SMILES string of the molecule is COc1cc2ncnc(Nc3ccc(NC(=O)Nc4ccc(C(F)(F)F)cc4)cc3)c2cc1OC. The van der Waals surface area contributed by atoms with Crippen LogP contribution in [0.1, 0.15) is 5.56 Å². The molecule has 0 saturated carbocycles. The second kappa shape index (κ2) is 9.75. The molecule has 0 fully saturated rings. The second-order valence-corrected chi connectivity index (χ2v) is 7.30. The minimum atomic E-state index is -4.44. The van der Waals surface area contributed by atoms with Crippen LogP contribution in [-0.2, 0) is 6.18 Å². The topological polar surface area (TPSA) is 97.4 Å². The van der Waals surface area contributed by atoms with Crippen LogP contribution in [0.25, 0.3) is 10.9 Å². The third-order valence-corrected chi connectivity index (χ3v) is 5.02. The summed E-state index contributed by atoms with van der Waals surface area (Å²) in [5.74, 6) is 1.64. The fourth-order valence-corrected chi connectivity index (χ4v) is 3.29. The van der Waals surface area contributed by atoms with E-state index < -0.39 is 17.8 Å². The van der Waals surface area contributed by atoms with Crippen LogP contribution in [0.4, 0.5) is 40.8 Å². The Morgan fingerprint density at radius 2 is 1.34 bits per heavy atom. The third-order valence-electron chi connectivity index (χ3n) is 5.02. The minimum absolute atomic E-state index is 0.233. The highest BCUT2D eigenvalue weighted by atomic mass is 19.4. The van der Waals surface area contributed by atoms with Crippen LogP contribution in [0.3, 0.4) is 0 Å². The van der Waals surface area contributed by atoms with Crippen LogP contribution in [0, 0.1) is 0 Å². The summed E-state index contributed by atoms with van der Waals surface area (Å²) < 4.78 is 48.7. The first kappa shape index (κ1) is 23.6. The smallest absolute Gasteiger partial charge is 0.416 e. The second-order valence-electron chi connectivity index (χ2n) is 7.30. The summed E-state index contributed by atoms with van der Waals surface area (Å²) in [5, 5.41) is 9.05. The van der Waals surface area contributed by atoms with Crippen LogP contribution in [0.15, 0.2) is 67.0 Å². The molecule has 2 amide bonds. The number of benzene rings is 3. The van der Waals surface area contributed by atoms with Crippen molar-refractivity contribution in [2.75, 3.05) is 30.2 Å². The van der Waals surface area contributed by atoms with E-state index in [2.05, 4.69) is 25.9 Å². The van der Waals surface area contributed by atoms with E-state index in [1.54, 1.807) is 50.6 Å². The Bertz CT molecular complexity index is 1340. The fraction of sp³-hybridized carbons (Fsp3) is 0.125. The highest BCUT2D eigenvalue weighted by molar-refractivity contribution is 6.00. The van der Waals surface area contributed by atoms with Crippen molar-refractivity contribution in [2.45, 2.75) is 6.18 Å². The number of hydrogen-bond acceptors (Lipinski definition) is 6. The molecule has 4 rings (SSSR count). The third kappa shape index (κ3) is 5.52. The Labute approximate surface area is 198 Å². The van der Waals surface area contributed by atoms with Gasteiger partial charge in [0.1, 0.15) is 12.1 Å². The normalized spacial score (nSPS) is 11.1. The summed E-state index contributed by atoms with van der Waals surface area (Å²) in [6.45, 7) is 0. The number of carbonyl (C=O) groups excluding carboxylic acids is 1. The zero-order chi connectivity index (χ0) is 25.0. The van der Waals surface area contributed by atoms with Crippen molar-refractivity contribution < 1.29 is 27.4 Å². The van der Waals surface area contributed by atoms with Gasteiger partial charge in [-0.05, 0) is 54.6 Å².